The maximum Gasteiger partial charge on any atom is 0.219 e. The Hall–Kier alpha value is -0.640. The maximum absolute atomic E-state index is 5.45. The molecule has 0 N–H and O–H groups in total. The van der Waals surface area contributed by atoms with Crippen LogP contribution in [0.15, 0.2) is 6.33 Å². The topological polar surface area (TPSA) is 35.0 Å². The van der Waals surface area contributed by atoms with Crippen LogP contribution in [0.3, 0.4) is 0 Å². The van der Waals surface area contributed by atoms with Crippen LogP contribution in [0, 0.1) is 6.92 Å². The van der Waals surface area contributed by atoms with Crippen LogP contribution in [0.4, 0.5) is 0 Å². The molecule has 0 saturated carbocycles. The van der Waals surface area contributed by atoms with Crippen molar-refractivity contribution in [3.63, 3.8) is 0 Å². The van der Waals surface area contributed by atoms with Crippen LogP contribution in [0.5, 0.6) is 5.88 Å². The molecule has 0 aliphatic heterocycles. The van der Waals surface area contributed by atoms with Crippen molar-refractivity contribution in [3.8, 4) is 5.88 Å². The Morgan fingerprint density at radius 1 is 1.38 bits per heavy atom. The highest BCUT2D eigenvalue weighted by atomic mass is 79.9. The summed E-state index contributed by atoms with van der Waals surface area (Å²) in [6.07, 6.45) is 4.85. The highest BCUT2D eigenvalue weighted by Crippen LogP contribution is 2.21. The van der Waals surface area contributed by atoms with Crippen molar-refractivity contribution < 1.29 is 4.74 Å². The van der Waals surface area contributed by atoms with E-state index >= 15 is 0 Å². The molecule has 0 aromatic carbocycles. The van der Waals surface area contributed by atoms with Gasteiger partial charge in [-0.05, 0) is 20.3 Å². The van der Waals surface area contributed by atoms with Gasteiger partial charge >= 0.3 is 0 Å². The summed E-state index contributed by atoms with van der Waals surface area (Å²) in [6, 6.07) is 0. The van der Waals surface area contributed by atoms with Gasteiger partial charge in [0.1, 0.15) is 6.33 Å². The average molecular weight is 287 g/mol. The molecule has 0 bridgehead atoms. The number of hydrogen-bond acceptors (Lipinski definition) is 3. The summed E-state index contributed by atoms with van der Waals surface area (Å²) in [5.74, 6) is 0.712. The number of ether oxygens (including phenoxy) is 1. The minimum absolute atomic E-state index is 0.487. The Morgan fingerprint density at radius 3 is 2.75 bits per heavy atom. The highest BCUT2D eigenvalue weighted by molar-refractivity contribution is 9.09. The van der Waals surface area contributed by atoms with Crippen molar-refractivity contribution >= 4 is 15.9 Å². The summed E-state index contributed by atoms with van der Waals surface area (Å²) in [7, 11) is 0. The minimum atomic E-state index is 0.487. The lowest BCUT2D eigenvalue weighted by atomic mass is 10.1. The van der Waals surface area contributed by atoms with E-state index in [4.69, 9.17) is 4.74 Å². The first-order chi connectivity index (χ1) is 7.69. The largest absolute Gasteiger partial charge is 0.478 e. The quantitative estimate of drug-likeness (QED) is 0.753. The number of alkyl halides is 1. The number of halogens is 1. The van der Waals surface area contributed by atoms with Gasteiger partial charge in [-0.15, -0.1) is 0 Å². The van der Waals surface area contributed by atoms with Gasteiger partial charge < -0.3 is 4.74 Å². The van der Waals surface area contributed by atoms with E-state index in [1.54, 1.807) is 6.33 Å². The Morgan fingerprint density at radius 2 is 2.12 bits per heavy atom. The van der Waals surface area contributed by atoms with Gasteiger partial charge in [0.25, 0.3) is 0 Å². The second kappa shape index (κ2) is 6.84. The van der Waals surface area contributed by atoms with E-state index < -0.39 is 0 Å². The molecule has 1 rings (SSSR count). The van der Waals surface area contributed by atoms with Gasteiger partial charge in [0.15, 0.2) is 0 Å². The van der Waals surface area contributed by atoms with Crippen molar-refractivity contribution in [1.82, 2.24) is 9.97 Å². The Balaban J connectivity index is 2.76. The Labute approximate surface area is 106 Å². The first-order valence-electron chi connectivity index (χ1n) is 5.76. The third-order valence-corrected chi connectivity index (χ3v) is 3.22. The molecule has 1 heterocycles. The fraction of sp³-hybridized carbons (Fsp3) is 0.667. The third-order valence-electron chi connectivity index (χ3n) is 2.44. The molecule has 0 radical (unpaired) electrons. The summed E-state index contributed by atoms with van der Waals surface area (Å²) < 4.78 is 5.45. The SMILES string of the molecule is CCCC(Br)Cc1ncnc(OCC)c1C. The van der Waals surface area contributed by atoms with Crippen molar-refractivity contribution in [2.24, 2.45) is 0 Å². The number of nitrogens with zero attached hydrogens (tertiary/aromatic N) is 2. The van der Waals surface area contributed by atoms with Gasteiger partial charge in [-0.25, -0.2) is 9.97 Å². The molecule has 0 fully saturated rings. The van der Waals surface area contributed by atoms with E-state index in [1.165, 1.54) is 6.42 Å². The molecule has 16 heavy (non-hydrogen) atoms. The molecule has 0 spiro atoms. The molecule has 0 saturated heterocycles. The lowest BCUT2D eigenvalue weighted by Crippen LogP contribution is -2.08. The van der Waals surface area contributed by atoms with Gasteiger partial charge in [0, 0.05) is 16.8 Å². The predicted molar refractivity (Wildman–Crippen MR) is 69.3 cm³/mol. The van der Waals surface area contributed by atoms with E-state index in [-0.39, 0.29) is 0 Å². The predicted octanol–water partition coefficient (Wildman–Crippen LogP) is 3.29. The van der Waals surface area contributed by atoms with Crippen LogP contribution in [0.1, 0.15) is 37.9 Å². The second-order valence-corrected chi connectivity index (χ2v) is 5.07. The number of rotatable bonds is 6. The van der Waals surface area contributed by atoms with E-state index in [0.717, 1.165) is 24.1 Å². The molecule has 0 amide bonds. The standard InChI is InChI=1S/C12H19BrN2O/c1-4-6-10(13)7-11-9(3)12(16-5-2)15-8-14-11/h8,10H,4-7H2,1-3H3. The summed E-state index contributed by atoms with van der Waals surface area (Å²) in [4.78, 5) is 8.94. The van der Waals surface area contributed by atoms with Crippen LogP contribution in [-0.2, 0) is 6.42 Å². The van der Waals surface area contributed by atoms with E-state index in [0.29, 0.717) is 17.3 Å². The number of hydrogen-bond donors (Lipinski definition) is 0. The smallest absolute Gasteiger partial charge is 0.219 e. The van der Waals surface area contributed by atoms with Gasteiger partial charge in [0.05, 0.1) is 12.3 Å². The molecule has 1 unspecified atom stereocenters. The summed E-state index contributed by atoms with van der Waals surface area (Å²) in [5, 5.41) is 0. The van der Waals surface area contributed by atoms with E-state index in [1.807, 2.05) is 13.8 Å². The summed E-state index contributed by atoms with van der Waals surface area (Å²) in [5.41, 5.74) is 2.14. The molecule has 1 aromatic heterocycles. The van der Waals surface area contributed by atoms with Crippen LogP contribution in [0.2, 0.25) is 0 Å². The van der Waals surface area contributed by atoms with E-state index in [2.05, 4.69) is 32.8 Å². The zero-order chi connectivity index (χ0) is 12.0. The summed E-state index contributed by atoms with van der Waals surface area (Å²) >= 11 is 3.67. The Kier molecular flexibility index (Phi) is 5.74. The lowest BCUT2D eigenvalue weighted by Gasteiger charge is -2.12. The molecule has 1 atom stereocenters. The monoisotopic (exact) mass is 286 g/mol. The molecule has 0 aliphatic rings. The first kappa shape index (κ1) is 13.4. The van der Waals surface area contributed by atoms with E-state index in [9.17, 15) is 0 Å². The first-order valence-corrected chi connectivity index (χ1v) is 6.67. The van der Waals surface area contributed by atoms with Crippen LogP contribution < -0.4 is 4.74 Å². The summed E-state index contributed by atoms with van der Waals surface area (Å²) in [6.45, 7) is 6.81. The van der Waals surface area contributed by atoms with Crippen molar-refractivity contribution in [1.29, 1.82) is 0 Å². The van der Waals surface area contributed by atoms with Gasteiger partial charge in [0.2, 0.25) is 5.88 Å². The van der Waals surface area contributed by atoms with Gasteiger partial charge in [-0.2, -0.15) is 0 Å². The average Bonchev–Trinajstić information content (AvgIpc) is 2.24. The zero-order valence-electron chi connectivity index (χ0n) is 10.2. The maximum atomic E-state index is 5.45. The minimum Gasteiger partial charge on any atom is -0.478 e. The van der Waals surface area contributed by atoms with Crippen molar-refractivity contribution in [3.05, 3.63) is 17.6 Å². The molecule has 4 heteroatoms. The third kappa shape index (κ3) is 3.74. The van der Waals surface area contributed by atoms with Gasteiger partial charge in [-0.3, -0.25) is 0 Å². The molecular weight excluding hydrogens is 268 g/mol. The van der Waals surface area contributed by atoms with Crippen molar-refractivity contribution in [2.75, 3.05) is 6.61 Å². The molecular formula is C12H19BrN2O. The fourth-order valence-electron chi connectivity index (χ4n) is 1.58. The van der Waals surface area contributed by atoms with Crippen molar-refractivity contribution in [2.45, 2.75) is 44.9 Å². The van der Waals surface area contributed by atoms with Gasteiger partial charge in [-0.1, -0.05) is 29.3 Å². The normalized spacial score (nSPS) is 12.5. The lowest BCUT2D eigenvalue weighted by molar-refractivity contribution is 0.322. The molecule has 90 valence electrons. The molecule has 3 nitrogen and oxygen atoms in total. The zero-order valence-corrected chi connectivity index (χ0v) is 11.7. The number of aromatic nitrogens is 2. The molecule has 0 aliphatic carbocycles. The van der Waals surface area contributed by atoms with Crippen LogP contribution in [0.25, 0.3) is 0 Å². The molecule has 1 aromatic rings. The second-order valence-electron chi connectivity index (χ2n) is 3.77. The highest BCUT2D eigenvalue weighted by Gasteiger charge is 2.11. The van der Waals surface area contributed by atoms with Crippen LogP contribution >= 0.6 is 15.9 Å². The Bertz CT molecular complexity index is 331. The van der Waals surface area contributed by atoms with Crippen LogP contribution in [-0.4, -0.2) is 21.4 Å². The fourth-order valence-corrected chi connectivity index (χ4v) is 2.35.